The normalized spacial score (nSPS) is 11.9. The third kappa shape index (κ3) is 6.68. The molecule has 1 amide bonds. The van der Waals surface area contributed by atoms with E-state index in [1.165, 1.54) is 0 Å². The molecule has 0 fully saturated rings. The number of ether oxygens (including phenoxy) is 1. The van der Waals surface area contributed by atoms with Crippen LogP contribution >= 0.6 is 24.2 Å². The van der Waals surface area contributed by atoms with Gasteiger partial charge in [-0.05, 0) is 19.1 Å². The molecule has 8 heteroatoms. The molecule has 0 saturated heterocycles. The van der Waals surface area contributed by atoms with Gasteiger partial charge in [0.25, 0.3) is 0 Å². The summed E-state index contributed by atoms with van der Waals surface area (Å²) in [6.07, 6.45) is 0. The van der Waals surface area contributed by atoms with Gasteiger partial charge in [0.05, 0.1) is 28.6 Å². The van der Waals surface area contributed by atoms with Gasteiger partial charge >= 0.3 is 0 Å². The number of rotatable bonds is 10. The molecule has 24 heavy (non-hydrogen) atoms. The van der Waals surface area contributed by atoms with Crippen LogP contribution in [-0.4, -0.2) is 55.0 Å². The van der Waals surface area contributed by atoms with E-state index in [2.05, 4.69) is 27.5 Å². The lowest BCUT2D eigenvalue weighted by atomic mass is 10.3. The second-order valence-electron chi connectivity index (χ2n) is 5.19. The van der Waals surface area contributed by atoms with E-state index in [0.29, 0.717) is 18.9 Å². The molecule has 3 N–H and O–H groups in total. The summed E-state index contributed by atoms with van der Waals surface area (Å²) in [5, 5.41) is 6.23. The Hall–Kier alpha value is -1.28. The smallest absolute Gasteiger partial charge is 0.230 e. The van der Waals surface area contributed by atoms with Crippen molar-refractivity contribution in [2.45, 2.75) is 12.2 Å². The van der Waals surface area contributed by atoms with Crippen molar-refractivity contribution in [3.63, 3.8) is 0 Å². The Morgan fingerprint density at radius 3 is 2.88 bits per heavy atom. The van der Waals surface area contributed by atoms with Crippen LogP contribution in [0.25, 0.3) is 11.0 Å². The van der Waals surface area contributed by atoms with Crippen molar-refractivity contribution in [2.75, 3.05) is 39.1 Å². The van der Waals surface area contributed by atoms with Gasteiger partial charge in [-0.15, -0.1) is 24.2 Å². The lowest BCUT2D eigenvalue weighted by molar-refractivity contribution is -0.118. The van der Waals surface area contributed by atoms with E-state index in [-0.39, 0.29) is 23.6 Å². The number of H-pyrrole nitrogens is 1. The van der Waals surface area contributed by atoms with E-state index in [4.69, 9.17) is 4.74 Å². The molecule has 0 radical (unpaired) electrons. The van der Waals surface area contributed by atoms with Gasteiger partial charge in [0.1, 0.15) is 5.82 Å². The number of nitrogens with one attached hydrogen (secondary N) is 3. The maximum absolute atomic E-state index is 11.8. The van der Waals surface area contributed by atoms with Crippen LogP contribution in [0.4, 0.5) is 0 Å². The third-order valence-corrected chi connectivity index (χ3v) is 4.52. The van der Waals surface area contributed by atoms with E-state index in [9.17, 15) is 4.79 Å². The number of fused-ring (bicyclic) bond motifs is 1. The summed E-state index contributed by atoms with van der Waals surface area (Å²) >= 11 is 1.58. The highest BCUT2D eigenvalue weighted by Gasteiger charge is 2.13. The minimum absolute atomic E-state index is 0. The van der Waals surface area contributed by atoms with Crippen LogP contribution in [0.15, 0.2) is 24.3 Å². The maximum Gasteiger partial charge on any atom is 0.230 e. The van der Waals surface area contributed by atoms with Gasteiger partial charge in [-0.3, -0.25) is 4.79 Å². The molecule has 0 spiro atoms. The molecular formula is C16H25ClN4O2S. The molecular weight excluding hydrogens is 348 g/mol. The molecule has 0 aliphatic carbocycles. The minimum Gasteiger partial charge on any atom is -0.383 e. The monoisotopic (exact) mass is 372 g/mol. The molecule has 0 saturated carbocycles. The number of hydrogen-bond acceptors (Lipinski definition) is 5. The number of imidazole rings is 1. The fraction of sp³-hybridized carbons (Fsp3) is 0.500. The van der Waals surface area contributed by atoms with Crippen molar-refractivity contribution in [3.8, 4) is 0 Å². The average molecular weight is 373 g/mol. The number of nitrogens with zero attached hydrogens (tertiary/aromatic N) is 1. The Labute approximate surface area is 152 Å². The minimum atomic E-state index is 0. The van der Waals surface area contributed by atoms with Gasteiger partial charge in [0.2, 0.25) is 5.91 Å². The number of aromatic amines is 1. The number of carbonyl (C=O) groups is 1. The Kier molecular flexibility index (Phi) is 9.78. The number of amides is 1. The van der Waals surface area contributed by atoms with E-state index in [0.717, 1.165) is 29.9 Å². The van der Waals surface area contributed by atoms with Gasteiger partial charge in [-0.2, -0.15) is 0 Å². The summed E-state index contributed by atoms with van der Waals surface area (Å²) in [4.78, 5) is 19.7. The number of para-hydroxylation sites is 2. The first-order valence-corrected chi connectivity index (χ1v) is 8.78. The zero-order chi connectivity index (χ0) is 16.5. The lowest BCUT2D eigenvalue weighted by Crippen LogP contribution is -2.34. The van der Waals surface area contributed by atoms with Gasteiger partial charge in [-0.1, -0.05) is 12.1 Å². The highest BCUT2D eigenvalue weighted by molar-refractivity contribution is 8.00. The largest absolute Gasteiger partial charge is 0.383 e. The predicted molar refractivity (Wildman–Crippen MR) is 102 cm³/mol. The number of thioether (sulfide) groups is 1. The molecule has 6 nitrogen and oxygen atoms in total. The second kappa shape index (κ2) is 11.3. The number of carbonyl (C=O) groups excluding carboxylic acids is 1. The summed E-state index contributed by atoms with van der Waals surface area (Å²) in [5.41, 5.74) is 1.99. The molecule has 134 valence electrons. The highest BCUT2D eigenvalue weighted by atomic mass is 35.5. The Morgan fingerprint density at radius 1 is 1.33 bits per heavy atom. The molecule has 1 heterocycles. The third-order valence-electron chi connectivity index (χ3n) is 3.36. The Morgan fingerprint density at radius 2 is 2.12 bits per heavy atom. The first-order chi connectivity index (χ1) is 11.2. The number of benzene rings is 1. The van der Waals surface area contributed by atoms with Crippen molar-refractivity contribution >= 4 is 41.1 Å². The number of methoxy groups -OCH3 is 1. The van der Waals surface area contributed by atoms with Crippen molar-refractivity contribution in [1.29, 1.82) is 0 Å². The van der Waals surface area contributed by atoms with Crippen molar-refractivity contribution in [1.82, 2.24) is 20.6 Å². The maximum atomic E-state index is 11.8. The highest BCUT2D eigenvalue weighted by Crippen LogP contribution is 2.27. The molecule has 2 aromatic rings. The standard InChI is InChI=1S/C16H24N4O2S.ClH/c1-12(16-19-13-5-3-4-6-14(13)20-16)23-11-15(21)18-8-7-17-9-10-22-2;/h3-6,12,17H,7-11H2,1-2H3,(H,18,21)(H,19,20);1H. The quantitative estimate of drug-likeness (QED) is 0.557. The van der Waals surface area contributed by atoms with Crippen LogP contribution in [0.1, 0.15) is 18.0 Å². The number of halogens is 1. The summed E-state index contributed by atoms with van der Waals surface area (Å²) in [6, 6.07) is 7.94. The van der Waals surface area contributed by atoms with E-state index >= 15 is 0 Å². The Bertz CT molecular complexity index is 590. The number of hydrogen-bond donors (Lipinski definition) is 3. The van der Waals surface area contributed by atoms with E-state index < -0.39 is 0 Å². The Balaban J connectivity index is 0.00000288. The lowest BCUT2D eigenvalue weighted by Gasteiger charge is -2.09. The van der Waals surface area contributed by atoms with Crippen LogP contribution in [0.5, 0.6) is 0 Å². The first-order valence-electron chi connectivity index (χ1n) is 7.73. The average Bonchev–Trinajstić information content (AvgIpc) is 3.00. The van der Waals surface area contributed by atoms with E-state index in [1.54, 1.807) is 18.9 Å². The molecule has 1 aromatic heterocycles. The SMILES string of the molecule is COCCNCCNC(=O)CSC(C)c1nc2ccccc2[nH]1.Cl. The van der Waals surface area contributed by atoms with Crippen LogP contribution < -0.4 is 10.6 Å². The summed E-state index contributed by atoms with van der Waals surface area (Å²) in [5.74, 6) is 1.38. The van der Waals surface area contributed by atoms with Gasteiger partial charge in [-0.25, -0.2) is 4.98 Å². The molecule has 1 atom stereocenters. The molecule has 0 aliphatic rings. The molecule has 0 aliphatic heterocycles. The molecule has 1 aromatic carbocycles. The van der Waals surface area contributed by atoms with Gasteiger partial charge in [0, 0.05) is 26.7 Å². The summed E-state index contributed by atoms with van der Waals surface area (Å²) in [7, 11) is 1.67. The van der Waals surface area contributed by atoms with Crippen molar-refractivity contribution in [2.24, 2.45) is 0 Å². The van der Waals surface area contributed by atoms with Gasteiger partial charge in [0.15, 0.2) is 0 Å². The van der Waals surface area contributed by atoms with Crippen molar-refractivity contribution < 1.29 is 9.53 Å². The molecule has 0 bridgehead atoms. The summed E-state index contributed by atoms with van der Waals surface area (Å²) < 4.78 is 4.94. The van der Waals surface area contributed by atoms with Crippen LogP contribution in [0.3, 0.4) is 0 Å². The fourth-order valence-electron chi connectivity index (χ4n) is 2.09. The van der Waals surface area contributed by atoms with Crippen LogP contribution in [0, 0.1) is 0 Å². The van der Waals surface area contributed by atoms with E-state index in [1.807, 2.05) is 24.3 Å². The fourth-order valence-corrected chi connectivity index (χ4v) is 2.86. The van der Waals surface area contributed by atoms with Crippen molar-refractivity contribution in [3.05, 3.63) is 30.1 Å². The van der Waals surface area contributed by atoms with Crippen LogP contribution in [-0.2, 0) is 9.53 Å². The molecule has 1 unspecified atom stereocenters. The topological polar surface area (TPSA) is 79.0 Å². The predicted octanol–water partition coefficient (Wildman–Crippen LogP) is 2.13. The molecule has 2 rings (SSSR count). The zero-order valence-electron chi connectivity index (χ0n) is 14.0. The van der Waals surface area contributed by atoms with Crippen LogP contribution in [0.2, 0.25) is 0 Å². The second-order valence-corrected chi connectivity index (χ2v) is 6.51. The zero-order valence-corrected chi connectivity index (χ0v) is 15.6. The van der Waals surface area contributed by atoms with Gasteiger partial charge < -0.3 is 20.4 Å². The summed E-state index contributed by atoms with van der Waals surface area (Å²) in [6.45, 7) is 4.91. The number of aromatic nitrogens is 2. The first kappa shape index (κ1) is 20.8.